The molecule has 1 fully saturated rings. The van der Waals surface area contributed by atoms with Gasteiger partial charge in [0.15, 0.2) is 0 Å². The summed E-state index contributed by atoms with van der Waals surface area (Å²) in [5, 5.41) is 5.89. The van der Waals surface area contributed by atoms with Crippen molar-refractivity contribution in [1.29, 1.82) is 0 Å². The van der Waals surface area contributed by atoms with E-state index in [2.05, 4.69) is 5.10 Å². The molecule has 1 heterocycles. The van der Waals surface area contributed by atoms with Crippen molar-refractivity contribution in [2.45, 2.75) is 44.6 Å². The van der Waals surface area contributed by atoms with Crippen LogP contribution in [0.3, 0.4) is 0 Å². The first kappa shape index (κ1) is 22.4. The second kappa shape index (κ2) is 10.2. The Morgan fingerprint density at radius 1 is 0.971 bits per heavy atom. The van der Waals surface area contributed by atoms with Gasteiger partial charge in [0.2, 0.25) is 0 Å². The monoisotopic (exact) mass is 471 g/mol. The zero-order chi connectivity index (χ0) is 23.3. The maximum atomic E-state index is 13.3. The molecule has 0 radical (unpaired) electrons. The smallest absolute Gasteiger partial charge is 0.282 e. The van der Waals surface area contributed by atoms with Crippen LogP contribution in [0.25, 0.3) is 10.9 Å². The second-order valence-electron chi connectivity index (χ2n) is 8.67. The van der Waals surface area contributed by atoms with Crippen LogP contribution in [0.1, 0.15) is 55.0 Å². The van der Waals surface area contributed by atoms with E-state index in [0.717, 1.165) is 53.9 Å². The topological polar surface area (TPSA) is 56.5 Å². The average molecular weight is 472 g/mol. The Kier molecular flexibility index (Phi) is 6.72. The summed E-state index contributed by atoms with van der Waals surface area (Å²) in [6, 6.07) is 22.8. The Hall–Kier alpha value is -3.44. The summed E-state index contributed by atoms with van der Waals surface area (Å²) < 4.78 is 7.37. The van der Waals surface area contributed by atoms with Gasteiger partial charge >= 0.3 is 0 Å². The van der Waals surface area contributed by atoms with Gasteiger partial charge < -0.3 is 4.74 Å². The van der Waals surface area contributed by atoms with Crippen molar-refractivity contribution in [3.63, 3.8) is 0 Å². The van der Waals surface area contributed by atoms with Crippen molar-refractivity contribution in [2.75, 3.05) is 0 Å². The SMILES string of the molecule is O=c1c2ccccc2nc(C2CCCCC2)n1N=Cc1ccc(OCc2ccc(Cl)cc2)cc1. The van der Waals surface area contributed by atoms with Crippen LogP contribution in [-0.2, 0) is 6.61 Å². The molecular formula is C28H26ClN3O2. The van der Waals surface area contributed by atoms with Crippen molar-refractivity contribution < 1.29 is 4.74 Å². The summed E-state index contributed by atoms with van der Waals surface area (Å²) >= 11 is 5.93. The van der Waals surface area contributed by atoms with Crippen LogP contribution in [0.2, 0.25) is 5.02 Å². The first-order chi connectivity index (χ1) is 16.7. The van der Waals surface area contributed by atoms with Gasteiger partial charge in [-0.3, -0.25) is 4.79 Å². The fraction of sp³-hybridized carbons (Fsp3) is 0.250. The molecule has 1 saturated carbocycles. The van der Waals surface area contributed by atoms with Gasteiger partial charge in [-0.25, -0.2) is 4.98 Å². The maximum Gasteiger partial charge on any atom is 0.282 e. The number of benzene rings is 3. The molecule has 0 amide bonds. The van der Waals surface area contributed by atoms with E-state index < -0.39 is 0 Å². The summed E-state index contributed by atoms with van der Waals surface area (Å²) in [6.45, 7) is 0.466. The number of hydrogen-bond donors (Lipinski definition) is 0. The molecule has 172 valence electrons. The normalized spacial score (nSPS) is 14.6. The lowest BCUT2D eigenvalue weighted by Crippen LogP contribution is -2.25. The molecule has 1 aliphatic rings. The zero-order valence-electron chi connectivity index (χ0n) is 18.9. The lowest BCUT2D eigenvalue weighted by Gasteiger charge is -2.22. The molecule has 4 aromatic rings. The molecule has 3 aromatic carbocycles. The van der Waals surface area contributed by atoms with Gasteiger partial charge in [-0.2, -0.15) is 9.78 Å². The summed E-state index contributed by atoms with van der Waals surface area (Å²) in [7, 11) is 0. The zero-order valence-corrected chi connectivity index (χ0v) is 19.6. The molecule has 34 heavy (non-hydrogen) atoms. The number of hydrogen-bond acceptors (Lipinski definition) is 4. The highest BCUT2D eigenvalue weighted by Crippen LogP contribution is 2.31. The van der Waals surface area contributed by atoms with Crippen LogP contribution in [0, 0.1) is 0 Å². The van der Waals surface area contributed by atoms with Gasteiger partial charge in [0.1, 0.15) is 18.2 Å². The van der Waals surface area contributed by atoms with E-state index in [1.807, 2.05) is 72.8 Å². The maximum absolute atomic E-state index is 13.3. The molecule has 5 nitrogen and oxygen atoms in total. The van der Waals surface area contributed by atoms with E-state index in [1.165, 1.54) is 11.1 Å². The minimum atomic E-state index is -0.120. The Morgan fingerprint density at radius 3 is 2.47 bits per heavy atom. The van der Waals surface area contributed by atoms with Gasteiger partial charge in [-0.1, -0.05) is 55.1 Å². The predicted octanol–water partition coefficient (Wildman–Crippen LogP) is 6.56. The van der Waals surface area contributed by atoms with Gasteiger partial charge in [0, 0.05) is 10.9 Å². The largest absolute Gasteiger partial charge is 0.489 e. The lowest BCUT2D eigenvalue weighted by atomic mass is 9.88. The van der Waals surface area contributed by atoms with E-state index in [0.29, 0.717) is 17.0 Å². The molecule has 5 rings (SSSR count). The standard InChI is InChI=1S/C28H26ClN3O2/c29-23-14-10-21(11-15-23)19-34-24-16-12-20(13-17-24)18-30-32-27(22-6-2-1-3-7-22)31-26-9-5-4-8-25(26)28(32)33/h4-5,8-18,22H,1-3,6-7,19H2. The van der Waals surface area contributed by atoms with E-state index in [-0.39, 0.29) is 11.5 Å². The number of para-hydroxylation sites is 1. The molecule has 0 unspecified atom stereocenters. The number of ether oxygens (including phenoxy) is 1. The third kappa shape index (κ3) is 5.05. The van der Waals surface area contributed by atoms with E-state index in [4.69, 9.17) is 21.3 Å². The van der Waals surface area contributed by atoms with Crippen LogP contribution >= 0.6 is 11.6 Å². The van der Waals surface area contributed by atoms with E-state index in [9.17, 15) is 4.79 Å². The van der Waals surface area contributed by atoms with E-state index in [1.54, 1.807) is 6.21 Å². The lowest BCUT2D eigenvalue weighted by molar-refractivity contribution is 0.306. The van der Waals surface area contributed by atoms with Crippen molar-refractivity contribution in [3.8, 4) is 5.75 Å². The molecule has 0 spiro atoms. The molecule has 1 aliphatic carbocycles. The number of halogens is 1. The Morgan fingerprint density at radius 2 is 1.71 bits per heavy atom. The van der Waals surface area contributed by atoms with Crippen molar-refractivity contribution >= 4 is 28.7 Å². The fourth-order valence-corrected chi connectivity index (χ4v) is 4.53. The first-order valence-corrected chi connectivity index (χ1v) is 12.1. The minimum Gasteiger partial charge on any atom is -0.489 e. The Balaban J connectivity index is 1.38. The van der Waals surface area contributed by atoms with Crippen LogP contribution in [0.4, 0.5) is 0 Å². The summed E-state index contributed by atoms with van der Waals surface area (Å²) in [4.78, 5) is 18.2. The van der Waals surface area contributed by atoms with Gasteiger partial charge in [0.25, 0.3) is 5.56 Å². The number of aromatic nitrogens is 2. The number of fused-ring (bicyclic) bond motifs is 1. The molecule has 0 saturated heterocycles. The highest BCUT2D eigenvalue weighted by atomic mass is 35.5. The molecular weight excluding hydrogens is 446 g/mol. The number of rotatable bonds is 6. The van der Waals surface area contributed by atoms with Crippen molar-refractivity contribution in [1.82, 2.24) is 9.66 Å². The third-order valence-corrected chi connectivity index (χ3v) is 6.52. The van der Waals surface area contributed by atoms with Crippen LogP contribution in [0.5, 0.6) is 5.75 Å². The third-order valence-electron chi connectivity index (χ3n) is 6.27. The molecule has 0 N–H and O–H groups in total. The fourth-order valence-electron chi connectivity index (χ4n) is 4.40. The molecule has 1 aromatic heterocycles. The number of nitrogens with zero attached hydrogens (tertiary/aromatic N) is 3. The summed E-state index contributed by atoms with van der Waals surface area (Å²) in [6.07, 6.45) is 7.36. The first-order valence-electron chi connectivity index (χ1n) is 11.7. The van der Waals surface area contributed by atoms with Crippen LogP contribution < -0.4 is 10.3 Å². The quantitative estimate of drug-likeness (QED) is 0.299. The predicted molar refractivity (Wildman–Crippen MR) is 137 cm³/mol. The Labute approximate surface area is 203 Å². The summed E-state index contributed by atoms with van der Waals surface area (Å²) in [5.74, 6) is 1.79. The Bertz CT molecular complexity index is 1360. The molecule has 0 atom stereocenters. The van der Waals surface area contributed by atoms with Gasteiger partial charge in [0.05, 0.1) is 17.1 Å². The van der Waals surface area contributed by atoms with Crippen molar-refractivity contribution in [3.05, 3.63) is 105 Å². The molecule has 0 bridgehead atoms. The van der Waals surface area contributed by atoms with Crippen LogP contribution in [-0.4, -0.2) is 15.9 Å². The van der Waals surface area contributed by atoms with Gasteiger partial charge in [-0.05, 0) is 72.5 Å². The van der Waals surface area contributed by atoms with Gasteiger partial charge in [-0.15, -0.1) is 0 Å². The summed E-state index contributed by atoms with van der Waals surface area (Å²) in [5.41, 5.74) is 2.55. The van der Waals surface area contributed by atoms with Crippen LogP contribution in [0.15, 0.2) is 82.7 Å². The second-order valence-corrected chi connectivity index (χ2v) is 9.10. The highest BCUT2D eigenvalue weighted by Gasteiger charge is 2.22. The van der Waals surface area contributed by atoms with E-state index >= 15 is 0 Å². The molecule has 0 aliphatic heterocycles. The highest BCUT2D eigenvalue weighted by molar-refractivity contribution is 6.30. The minimum absolute atomic E-state index is 0.120. The van der Waals surface area contributed by atoms with Crippen molar-refractivity contribution in [2.24, 2.45) is 5.10 Å². The average Bonchev–Trinajstić information content (AvgIpc) is 2.89. The molecule has 6 heteroatoms.